The van der Waals surface area contributed by atoms with Gasteiger partial charge in [0.15, 0.2) is 0 Å². The molecule has 6 nitrogen and oxygen atoms in total. The standard InChI is InChI=1S/C11H15NO5S/c1-7-4-5-9(17-3)10(6-7)18(15,16)12-8(2)11(13)14/h4-6,8,12H,1-3H3,(H,13,14)/t8-/m0/s1. The summed E-state index contributed by atoms with van der Waals surface area (Å²) in [5.41, 5.74) is 0.735. The second-order valence-electron chi connectivity index (χ2n) is 3.84. The van der Waals surface area contributed by atoms with Gasteiger partial charge in [-0.25, -0.2) is 8.42 Å². The molecule has 0 fully saturated rings. The average Bonchev–Trinajstić information content (AvgIpc) is 2.28. The number of benzene rings is 1. The van der Waals surface area contributed by atoms with E-state index >= 15 is 0 Å². The van der Waals surface area contributed by atoms with E-state index in [-0.39, 0.29) is 10.6 Å². The SMILES string of the molecule is COc1ccc(C)cc1S(=O)(=O)N[C@@H](C)C(=O)O. The number of hydrogen-bond acceptors (Lipinski definition) is 4. The van der Waals surface area contributed by atoms with E-state index in [0.717, 1.165) is 5.56 Å². The summed E-state index contributed by atoms with van der Waals surface area (Å²) in [6.07, 6.45) is 0. The minimum atomic E-state index is -3.93. The molecule has 0 radical (unpaired) electrons. The van der Waals surface area contributed by atoms with Crippen molar-refractivity contribution < 1.29 is 23.1 Å². The zero-order chi connectivity index (χ0) is 13.9. The molecule has 0 aliphatic heterocycles. The summed E-state index contributed by atoms with van der Waals surface area (Å²) < 4.78 is 31.1. The third kappa shape index (κ3) is 3.21. The number of carboxylic acid groups (broad SMARTS) is 1. The van der Waals surface area contributed by atoms with Crippen LogP contribution in [-0.2, 0) is 14.8 Å². The van der Waals surface area contributed by atoms with Gasteiger partial charge in [-0.3, -0.25) is 4.79 Å². The Labute approximate surface area is 106 Å². The van der Waals surface area contributed by atoms with Gasteiger partial charge in [-0.05, 0) is 31.5 Å². The lowest BCUT2D eigenvalue weighted by atomic mass is 10.2. The summed E-state index contributed by atoms with van der Waals surface area (Å²) in [6, 6.07) is 3.45. The Morgan fingerprint density at radius 1 is 1.44 bits per heavy atom. The number of nitrogens with one attached hydrogen (secondary N) is 1. The highest BCUT2D eigenvalue weighted by molar-refractivity contribution is 7.89. The van der Waals surface area contributed by atoms with E-state index in [4.69, 9.17) is 9.84 Å². The first-order valence-electron chi connectivity index (χ1n) is 5.17. The van der Waals surface area contributed by atoms with Crippen molar-refractivity contribution in [3.8, 4) is 5.75 Å². The Balaban J connectivity index is 3.19. The first kappa shape index (κ1) is 14.5. The normalized spacial score (nSPS) is 13.1. The van der Waals surface area contributed by atoms with Crippen molar-refractivity contribution in [3.05, 3.63) is 23.8 Å². The summed E-state index contributed by atoms with van der Waals surface area (Å²) in [5, 5.41) is 8.72. The van der Waals surface area contributed by atoms with Crippen LogP contribution in [0.3, 0.4) is 0 Å². The summed E-state index contributed by atoms with van der Waals surface area (Å²) in [7, 11) is -2.57. The highest BCUT2D eigenvalue weighted by Gasteiger charge is 2.24. The van der Waals surface area contributed by atoms with Crippen LogP contribution >= 0.6 is 0 Å². The molecule has 0 saturated heterocycles. The van der Waals surface area contributed by atoms with Crippen molar-refractivity contribution in [2.75, 3.05) is 7.11 Å². The number of methoxy groups -OCH3 is 1. The van der Waals surface area contributed by atoms with Crippen molar-refractivity contribution in [3.63, 3.8) is 0 Å². The molecule has 0 heterocycles. The molecule has 100 valence electrons. The number of carboxylic acids is 1. The molecular weight excluding hydrogens is 258 g/mol. The first-order valence-corrected chi connectivity index (χ1v) is 6.66. The fourth-order valence-electron chi connectivity index (χ4n) is 1.34. The van der Waals surface area contributed by atoms with Gasteiger partial charge in [-0.2, -0.15) is 4.72 Å². The van der Waals surface area contributed by atoms with Gasteiger partial charge < -0.3 is 9.84 Å². The second kappa shape index (κ2) is 5.36. The first-order chi connectivity index (χ1) is 8.27. The van der Waals surface area contributed by atoms with E-state index < -0.39 is 22.0 Å². The molecule has 0 aliphatic carbocycles. The van der Waals surface area contributed by atoms with Crippen LogP contribution in [0.15, 0.2) is 23.1 Å². The molecule has 18 heavy (non-hydrogen) atoms. The molecule has 0 spiro atoms. The van der Waals surface area contributed by atoms with Crippen LogP contribution < -0.4 is 9.46 Å². The molecule has 1 aromatic carbocycles. The quantitative estimate of drug-likeness (QED) is 0.826. The number of rotatable bonds is 5. The number of carbonyl (C=O) groups is 1. The Hall–Kier alpha value is -1.60. The Bertz CT molecular complexity index is 553. The third-order valence-corrected chi connectivity index (χ3v) is 3.87. The van der Waals surface area contributed by atoms with Gasteiger partial charge in [0.05, 0.1) is 7.11 Å². The Morgan fingerprint density at radius 2 is 2.06 bits per heavy atom. The number of sulfonamides is 1. The van der Waals surface area contributed by atoms with Crippen LogP contribution in [0.2, 0.25) is 0 Å². The maximum Gasteiger partial charge on any atom is 0.321 e. The van der Waals surface area contributed by atoms with Crippen molar-refractivity contribution in [2.24, 2.45) is 0 Å². The van der Waals surface area contributed by atoms with E-state index in [9.17, 15) is 13.2 Å². The van der Waals surface area contributed by atoms with Crippen LogP contribution in [0.25, 0.3) is 0 Å². The fraction of sp³-hybridized carbons (Fsp3) is 0.364. The van der Waals surface area contributed by atoms with E-state index in [1.54, 1.807) is 13.0 Å². The Kier molecular flexibility index (Phi) is 4.31. The number of hydrogen-bond donors (Lipinski definition) is 2. The molecule has 0 aliphatic rings. The highest BCUT2D eigenvalue weighted by Crippen LogP contribution is 2.24. The molecule has 0 unspecified atom stereocenters. The van der Waals surface area contributed by atoms with Crippen LogP contribution in [0.1, 0.15) is 12.5 Å². The van der Waals surface area contributed by atoms with Crippen molar-refractivity contribution in [2.45, 2.75) is 24.8 Å². The van der Waals surface area contributed by atoms with Crippen molar-refractivity contribution in [1.82, 2.24) is 4.72 Å². The summed E-state index contributed by atoms with van der Waals surface area (Å²) in [5.74, 6) is -1.07. The fourth-order valence-corrected chi connectivity index (χ4v) is 2.79. The predicted molar refractivity (Wildman–Crippen MR) is 65.2 cm³/mol. The molecule has 7 heteroatoms. The zero-order valence-corrected chi connectivity index (χ0v) is 11.1. The third-order valence-electron chi connectivity index (χ3n) is 2.31. The monoisotopic (exact) mass is 273 g/mol. The summed E-state index contributed by atoms with van der Waals surface area (Å²) in [4.78, 5) is 10.6. The van der Waals surface area contributed by atoms with Gasteiger partial charge in [0, 0.05) is 0 Å². The van der Waals surface area contributed by atoms with Gasteiger partial charge in [-0.1, -0.05) is 6.07 Å². The summed E-state index contributed by atoms with van der Waals surface area (Å²) >= 11 is 0. The van der Waals surface area contributed by atoms with Gasteiger partial charge >= 0.3 is 5.97 Å². The number of ether oxygens (including phenoxy) is 1. The molecule has 0 aromatic heterocycles. The van der Waals surface area contributed by atoms with Gasteiger partial charge in [-0.15, -0.1) is 0 Å². The van der Waals surface area contributed by atoms with E-state index in [1.807, 2.05) is 0 Å². The smallest absolute Gasteiger partial charge is 0.321 e. The van der Waals surface area contributed by atoms with E-state index in [2.05, 4.69) is 4.72 Å². The molecule has 0 saturated carbocycles. The van der Waals surface area contributed by atoms with Gasteiger partial charge in [0.1, 0.15) is 16.7 Å². The minimum Gasteiger partial charge on any atom is -0.495 e. The molecule has 0 amide bonds. The van der Waals surface area contributed by atoms with Crippen molar-refractivity contribution >= 4 is 16.0 Å². The van der Waals surface area contributed by atoms with Gasteiger partial charge in [0.25, 0.3) is 0 Å². The maximum absolute atomic E-state index is 12.0. The minimum absolute atomic E-state index is 0.0712. The predicted octanol–water partition coefficient (Wildman–Crippen LogP) is 0.755. The van der Waals surface area contributed by atoms with Crippen LogP contribution in [0.5, 0.6) is 5.75 Å². The number of aliphatic carboxylic acids is 1. The van der Waals surface area contributed by atoms with Crippen LogP contribution in [0.4, 0.5) is 0 Å². The van der Waals surface area contributed by atoms with E-state index in [1.165, 1.54) is 26.2 Å². The van der Waals surface area contributed by atoms with E-state index in [0.29, 0.717) is 0 Å². The molecule has 0 bridgehead atoms. The molecule has 1 atom stereocenters. The van der Waals surface area contributed by atoms with Crippen molar-refractivity contribution in [1.29, 1.82) is 0 Å². The molecule has 2 N–H and O–H groups in total. The lowest BCUT2D eigenvalue weighted by Crippen LogP contribution is -2.38. The van der Waals surface area contributed by atoms with Crippen LogP contribution in [0, 0.1) is 6.92 Å². The molecule has 1 rings (SSSR count). The topological polar surface area (TPSA) is 92.7 Å². The molecular formula is C11H15NO5S. The Morgan fingerprint density at radius 3 is 2.56 bits per heavy atom. The maximum atomic E-state index is 12.0. The molecule has 1 aromatic rings. The largest absolute Gasteiger partial charge is 0.495 e. The second-order valence-corrected chi connectivity index (χ2v) is 5.52. The summed E-state index contributed by atoms with van der Waals surface area (Å²) in [6.45, 7) is 2.99. The lowest BCUT2D eigenvalue weighted by molar-refractivity contribution is -0.138. The van der Waals surface area contributed by atoms with Crippen LogP contribution in [-0.4, -0.2) is 32.6 Å². The lowest BCUT2D eigenvalue weighted by Gasteiger charge is -2.13. The zero-order valence-electron chi connectivity index (χ0n) is 10.3. The van der Waals surface area contributed by atoms with Gasteiger partial charge in [0.2, 0.25) is 10.0 Å². The highest BCUT2D eigenvalue weighted by atomic mass is 32.2. The average molecular weight is 273 g/mol. The number of aryl methyl sites for hydroxylation is 1.